The van der Waals surface area contributed by atoms with Gasteiger partial charge in [-0.25, -0.2) is 8.78 Å². The molecule has 0 saturated carbocycles. The summed E-state index contributed by atoms with van der Waals surface area (Å²) < 4.78 is 111. The van der Waals surface area contributed by atoms with Gasteiger partial charge in [-0.1, -0.05) is 46.9 Å². The Morgan fingerprint density at radius 3 is 2.10 bits per heavy atom. The lowest BCUT2D eigenvalue weighted by Crippen LogP contribution is -2.20. The zero-order chi connectivity index (χ0) is 29.3. The van der Waals surface area contributed by atoms with Crippen LogP contribution in [0.3, 0.4) is 0 Å². The second-order valence-corrected chi connectivity index (χ2v) is 9.52. The first-order valence-corrected chi connectivity index (χ1v) is 12.0. The molecule has 0 saturated heterocycles. The van der Waals surface area contributed by atoms with Gasteiger partial charge in [-0.2, -0.15) is 26.3 Å². The first-order valence-electron chi connectivity index (χ1n) is 10.8. The number of ketones is 1. The minimum atomic E-state index is -5.15. The van der Waals surface area contributed by atoms with Gasteiger partial charge in [0.25, 0.3) is 0 Å². The van der Waals surface area contributed by atoms with Gasteiger partial charge in [-0.15, -0.1) is 0 Å². The molecule has 0 aliphatic rings. The zero-order valence-electron chi connectivity index (χ0n) is 19.5. The third kappa shape index (κ3) is 7.43. The van der Waals surface area contributed by atoms with E-state index in [2.05, 4.69) is 5.32 Å². The van der Waals surface area contributed by atoms with E-state index in [1.54, 1.807) is 0 Å². The van der Waals surface area contributed by atoms with E-state index < -0.39 is 64.5 Å². The standard InChI is InChI=1S/C26H16Cl3F8NO/c1-12-6-15(30)3-5-22(12)38-11-23(39)16-4-2-13(7-18(16)26(35,36)37)21(31)10-17(25(32,33)34)14-8-19(27)24(29)20(28)9-14/h2-10,17,38H,11H2,1H3/b21-10-. The van der Waals surface area contributed by atoms with Crippen molar-refractivity contribution < 1.29 is 39.9 Å². The van der Waals surface area contributed by atoms with Crippen LogP contribution in [-0.2, 0) is 6.18 Å². The number of carbonyl (C=O) groups excluding carboxylic acids is 1. The average Bonchev–Trinajstić information content (AvgIpc) is 2.83. The Labute approximate surface area is 232 Å². The van der Waals surface area contributed by atoms with Crippen LogP contribution in [0.15, 0.2) is 54.6 Å². The first kappa shape index (κ1) is 30.7. The van der Waals surface area contributed by atoms with Crippen molar-refractivity contribution in [2.75, 3.05) is 11.9 Å². The van der Waals surface area contributed by atoms with Gasteiger partial charge < -0.3 is 5.32 Å². The highest BCUT2D eigenvalue weighted by Crippen LogP contribution is 2.43. The molecule has 208 valence electrons. The normalized spacial score (nSPS) is 13.4. The Morgan fingerprint density at radius 1 is 0.949 bits per heavy atom. The number of benzene rings is 3. The minimum absolute atomic E-state index is 0.0751. The topological polar surface area (TPSA) is 29.1 Å². The van der Waals surface area contributed by atoms with Crippen molar-refractivity contribution in [3.8, 4) is 0 Å². The molecule has 0 aliphatic heterocycles. The zero-order valence-corrected chi connectivity index (χ0v) is 21.8. The van der Waals surface area contributed by atoms with Crippen molar-refractivity contribution in [2.45, 2.75) is 25.2 Å². The number of carbonyl (C=O) groups is 1. The predicted octanol–water partition coefficient (Wildman–Crippen LogP) is 10.1. The molecular weight excluding hydrogens is 601 g/mol. The fourth-order valence-corrected chi connectivity index (χ4v) is 4.26. The monoisotopic (exact) mass is 615 g/mol. The maximum absolute atomic E-state index is 15.0. The number of Topliss-reactive ketones (excluding diaryl/α,β-unsaturated/α-hetero) is 1. The van der Waals surface area contributed by atoms with Crippen LogP contribution in [0, 0.1) is 12.7 Å². The van der Waals surface area contributed by atoms with Crippen LogP contribution >= 0.6 is 34.8 Å². The van der Waals surface area contributed by atoms with Crippen LogP contribution in [0.4, 0.5) is 40.8 Å². The van der Waals surface area contributed by atoms with Gasteiger partial charge in [-0.05, 0) is 60.5 Å². The van der Waals surface area contributed by atoms with Crippen molar-refractivity contribution >= 4 is 52.1 Å². The predicted molar refractivity (Wildman–Crippen MR) is 135 cm³/mol. The van der Waals surface area contributed by atoms with Crippen molar-refractivity contribution in [2.24, 2.45) is 0 Å². The molecule has 0 aromatic heterocycles. The van der Waals surface area contributed by atoms with Crippen LogP contribution in [-0.4, -0.2) is 18.5 Å². The van der Waals surface area contributed by atoms with E-state index in [0.717, 1.165) is 30.3 Å². The molecule has 0 amide bonds. The Balaban J connectivity index is 1.98. The SMILES string of the molecule is Cc1cc(F)ccc1NCC(=O)c1ccc(/C(F)=C/C(c2cc(Cl)c(Cl)c(Cl)c2)C(F)(F)F)cc1C(F)(F)F. The second kappa shape index (κ2) is 11.7. The molecule has 3 aromatic rings. The summed E-state index contributed by atoms with van der Waals surface area (Å²) in [6, 6.07) is 6.84. The highest BCUT2D eigenvalue weighted by atomic mass is 35.5. The number of anilines is 1. The molecule has 0 heterocycles. The summed E-state index contributed by atoms with van der Waals surface area (Å²) in [4.78, 5) is 12.6. The number of alkyl halides is 6. The van der Waals surface area contributed by atoms with Gasteiger partial charge in [0.05, 0.1) is 27.2 Å². The molecule has 1 atom stereocenters. The number of allylic oxidation sites excluding steroid dienone is 1. The molecule has 0 aliphatic carbocycles. The quantitative estimate of drug-likeness (QED) is 0.163. The van der Waals surface area contributed by atoms with Gasteiger partial charge in [0.1, 0.15) is 17.6 Å². The average molecular weight is 617 g/mol. The summed E-state index contributed by atoms with van der Waals surface area (Å²) in [5.41, 5.74) is -3.14. The van der Waals surface area contributed by atoms with Crippen LogP contribution < -0.4 is 5.32 Å². The molecule has 13 heteroatoms. The first-order chi connectivity index (χ1) is 18.0. The Hall–Kier alpha value is -2.82. The lowest BCUT2D eigenvalue weighted by Gasteiger charge is -2.19. The number of hydrogen-bond acceptors (Lipinski definition) is 2. The Morgan fingerprint density at radius 2 is 1.56 bits per heavy atom. The van der Waals surface area contributed by atoms with E-state index >= 15 is 4.39 Å². The van der Waals surface area contributed by atoms with Crippen molar-refractivity contribution in [1.29, 1.82) is 0 Å². The van der Waals surface area contributed by atoms with Gasteiger partial charge >= 0.3 is 12.4 Å². The Bertz CT molecular complexity index is 1410. The highest BCUT2D eigenvalue weighted by Gasteiger charge is 2.41. The van der Waals surface area contributed by atoms with Crippen LogP contribution in [0.5, 0.6) is 0 Å². The van der Waals surface area contributed by atoms with Crippen molar-refractivity contribution in [3.63, 3.8) is 0 Å². The maximum Gasteiger partial charge on any atom is 0.417 e. The maximum atomic E-state index is 15.0. The van der Waals surface area contributed by atoms with E-state index in [0.29, 0.717) is 17.3 Å². The summed E-state index contributed by atoms with van der Waals surface area (Å²) in [6.07, 6.45) is -10.1. The van der Waals surface area contributed by atoms with Gasteiger partial charge in [0, 0.05) is 16.8 Å². The fourth-order valence-electron chi connectivity index (χ4n) is 3.64. The number of halogens is 11. The van der Waals surface area contributed by atoms with E-state index in [1.165, 1.54) is 13.0 Å². The van der Waals surface area contributed by atoms with Crippen molar-refractivity contribution in [3.05, 3.63) is 103 Å². The molecule has 0 bridgehead atoms. The molecule has 0 spiro atoms. The number of aryl methyl sites for hydroxylation is 1. The Kier molecular flexibility index (Phi) is 9.24. The summed E-state index contributed by atoms with van der Waals surface area (Å²) in [6.45, 7) is 0.891. The van der Waals surface area contributed by atoms with Gasteiger partial charge in [0.2, 0.25) is 0 Å². The number of hydrogen-bond donors (Lipinski definition) is 1. The molecule has 1 unspecified atom stereocenters. The molecule has 3 rings (SSSR count). The van der Waals surface area contributed by atoms with Crippen LogP contribution in [0.2, 0.25) is 15.1 Å². The summed E-state index contributed by atoms with van der Waals surface area (Å²) >= 11 is 17.3. The van der Waals surface area contributed by atoms with E-state index in [1.807, 2.05) is 0 Å². The number of rotatable bonds is 7. The molecule has 0 fully saturated rings. The molecule has 3 aromatic carbocycles. The highest BCUT2D eigenvalue weighted by molar-refractivity contribution is 6.48. The van der Waals surface area contributed by atoms with Crippen LogP contribution in [0.1, 0.15) is 38.5 Å². The largest absolute Gasteiger partial charge is 0.417 e. The van der Waals surface area contributed by atoms with Crippen molar-refractivity contribution in [1.82, 2.24) is 0 Å². The van der Waals surface area contributed by atoms with Crippen LogP contribution in [0.25, 0.3) is 5.83 Å². The van der Waals surface area contributed by atoms with Gasteiger partial charge in [-0.3, -0.25) is 4.79 Å². The fraction of sp³-hybridized carbons (Fsp3) is 0.192. The summed E-state index contributed by atoms with van der Waals surface area (Å²) in [5, 5.41) is 1.70. The second-order valence-electron chi connectivity index (χ2n) is 8.33. The summed E-state index contributed by atoms with van der Waals surface area (Å²) in [5.74, 6) is -5.86. The molecule has 1 N–H and O–H groups in total. The molecule has 2 nitrogen and oxygen atoms in total. The molecule has 39 heavy (non-hydrogen) atoms. The third-order valence-electron chi connectivity index (χ3n) is 5.56. The van der Waals surface area contributed by atoms with Gasteiger partial charge in [0.15, 0.2) is 5.78 Å². The molecular formula is C26H16Cl3F8NO. The smallest absolute Gasteiger partial charge is 0.377 e. The minimum Gasteiger partial charge on any atom is -0.377 e. The van der Waals surface area contributed by atoms with E-state index in [9.17, 15) is 35.5 Å². The third-order valence-corrected chi connectivity index (χ3v) is 6.76. The number of nitrogens with one attached hydrogen (secondary N) is 1. The van der Waals surface area contributed by atoms with E-state index in [4.69, 9.17) is 34.8 Å². The lowest BCUT2D eigenvalue weighted by atomic mass is 9.95. The summed E-state index contributed by atoms with van der Waals surface area (Å²) in [7, 11) is 0. The van der Waals surface area contributed by atoms with E-state index in [-0.39, 0.29) is 27.2 Å². The molecule has 0 radical (unpaired) electrons. The lowest BCUT2D eigenvalue weighted by molar-refractivity contribution is -0.140.